The molecule has 0 radical (unpaired) electrons. The molecule has 4 N–H and O–H groups in total. The number of piperidine rings is 1. The minimum Gasteiger partial charge on any atom is -0.497 e. The summed E-state index contributed by atoms with van der Waals surface area (Å²) < 4.78 is 10.9. The Morgan fingerprint density at radius 3 is 2.59 bits per heavy atom. The highest BCUT2D eigenvalue weighted by Gasteiger charge is 2.24. The minimum absolute atomic E-state index is 0. The molecule has 27 heavy (non-hydrogen) atoms. The first-order valence-electron chi connectivity index (χ1n) is 8.52. The molecule has 1 aliphatic rings. The molecule has 2 aromatic carbocycles. The first kappa shape index (κ1) is 20.8. The van der Waals surface area contributed by atoms with E-state index in [1.807, 2.05) is 18.2 Å². The number of methoxy groups -OCH3 is 1. The van der Waals surface area contributed by atoms with E-state index in [0.717, 1.165) is 12.3 Å². The second kappa shape index (κ2) is 10.0. The largest absolute Gasteiger partial charge is 0.497 e. The van der Waals surface area contributed by atoms with E-state index in [1.165, 1.54) is 0 Å². The first-order chi connectivity index (χ1) is 12.6. The molecule has 2 atom stereocenters. The Balaban J connectivity index is 0.00000261. The zero-order valence-electron chi connectivity index (χ0n) is 15.0. The fourth-order valence-corrected chi connectivity index (χ4v) is 2.73. The minimum atomic E-state index is -0.527. The van der Waals surface area contributed by atoms with Gasteiger partial charge in [0, 0.05) is 18.3 Å². The van der Waals surface area contributed by atoms with Crippen LogP contribution in [0.5, 0.6) is 17.2 Å². The number of carbonyl (C=O) groups is 1. The molecule has 0 spiro atoms. The Bertz CT molecular complexity index is 742. The van der Waals surface area contributed by atoms with Crippen LogP contribution in [0.3, 0.4) is 0 Å². The highest BCUT2D eigenvalue weighted by Crippen LogP contribution is 2.26. The number of amides is 2. The molecule has 3 rings (SSSR count). The summed E-state index contributed by atoms with van der Waals surface area (Å²) in [5, 5.41) is 18.6. The number of rotatable bonds is 5. The maximum atomic E-state index is 12.1. The second-order valence-corrected chi connectivity index (χ2v) is 6.07. The number of hydrogen-bond acceptors (Lipinski definition) is 5. The number of nitrogens with one attached hydrogen (secondary N) is 3. The number of anilines is 1. The lowest BCUT2D eigenvalue weighted by atomic mass is 10.0. The summed E-state index contributed by atoms with van der Waals surface area (Å²) >= 11 is 0. The maximum absolute atomic E-state index is 12.1. The number of aliphatic hydroxyl groups excluding tert-OH is 1. The van der Waals surface area contributed by atoms with Crippen molar-refractivity contribution in [3.05, 3.63) is 48.5 Å². The summed E-state index contributed by atoms with van der Waals surface area (Å²) in [7, 11) is 1.60. The Labute approximate surface area is 164 Å². The van der Waals surface area contributed by atoms with E-state index in [9.17, 15) is 9.90 Å². The summed E-state index contributed by atoms with van der Waals surface area (Å²) in [5.41, 5.74) is 0.638. The number of aliphatic hydroxyl groups is 1. The second-order valence-electron chi connectivity index (χ2n) is 6.07. The van der Waals surface area contributed by atoms with E-state index in [2.05, 4.69) is 16.0 Å². The van der Waals surface area contributed by atoms with Crippen LogP contribution < -0.4 is 25.4 Å². The topological polar surface area (TPSA) is 91.9 Å². The van der Waals surface area contributed by atoms with Crippen molar-refractivity contribution in [3.8, 4) is 17.2 Å². The zero-order chi connectivity index (χ0) is 18.4. The van der Waals surface area contributed by atoms with Crippen LogP contribution in [-0.4, -0.2) is 43.5 Å². The van der Waals surface area contributed by atoms with Crippen LogP contribution in [0.2, 0.25) is 0 Å². The average molecular weight is 394 g/mol. The third-order valence-electron chi connectivity index (χ3n) is 4.15. The molecule has 0 aromatic heterocycles. The molecule has 8 heteroatoms. The molecule has 1 saturated heterocycles. The van der Waals surface area contributed by atoms with Gasteiger partial charge in [0.1, 0.15) is 17.2 Å². The van der Waals surface area contributed by atoms with E-state index in [-0.39, 0.29) is 24.5 Å². The van der Waals surface area contributed by atoms with Crippen molar-refractivity contribution in [2.24, 2.45) is 0 Å². The first-order valence-corrected chi connectivity index (χ1v) is 8.52. The molecule has 2 aromatic rings. The summed E-state index contributed by atoms with van der Waals surface area (Å²) in [6, 6.07) is 13.7. The Hall–Kier alpha value is -2.48. The van der Waals surface area contributed by atoms with Crippen molar-refractivity contribution >= 4 is 24.1 Å². The SMILES string of the molecule is COc1cccc(Oc2ccc(NC(=O)N[C@@H]3CNCC[C@H]3O)cc2)c1.Cl. The standard InChI is InChI=1S/C19H23N3O4.ClH/c1-25-15-3-2-4-16(11-15)26-14-7-5-13(6-8-14)21-19(24)22-17-12-20-10-9-18(17)23;/h2-8,11,17-18,20,23H,9-10,12H2,1H3,(H2,21,22,24);1H/t17-,18-;/m1./s1. The molecule has 146 valence electrons. The van der Waals surface area contributed by atoms with Crippen LogP contribution in [0.1, 0.15) is 6.42 Å². The van der Waals surface area contributed by atoms with Gasteiger partial charge in [-0.15, -0.1) is 12.4 Å². The van der Waals surface area contributed by atoms with E-state index in [1.54, 1.807) is 37.4 Å². The summed E-state index contributed by atoms with van der Waals surface area (Å²) in [6.07, 6.45) is 0.0991. The predicted molar refractivity (Wildman–Crippen MR) is 106 cm³/mol. The van der Waals surface area contributed by atoms with Crippen molar-refractivity contribution in [1.82, 2.24) is 10.6 Å². The van der Waals surface area contributed by atoms with Crippen LogP contribution in [0.25, 0.3) is 0 Å². The van der Waals surface area contributed by atoms with Gasteiger partial charge in [-0.3, -0.25) is 0 Å². The van der Waals surface area contributed by atoms with Crippen molar-refractivity contribution < 1.29 is 19.4 Å². The van der Waals surface area contributed by atoms with Gasteiger partial charge >= 0.3 is 6.03 Å². The van der Waals surface area contributed by atoms with Crippen LogP contribution in [-0.2, 0) is 0 Å². The van der Waals surface area contributed by atoms with Gasteiger partial charge in [-0.25, -0.2) is 4.79 Å². The van der Waals surface area contributed by atoms with Crippen molar-refractivity contribution in [1.29, 1.82) is 0 Å². The molecule has 0 aliphatic carbocycles. The molecule has 1 aliphatic heterocycles. The van der Waals surface area contributed by atoms with E-state index >= 15 is 0 Å². The lowest BCUT2D eigenvalue weighted by molar-refractivity contribution is 0.103. The third-order valence-corrected chi connectivity index (χ3v) is 4.15. The summed E-state index contributed by atoms with van der Waals surface area (Å²) in [6.45, 7) is 1.32. The molecule has 1 heterocycles. The number of ether oxygens (including phenoxy) is 2. The normalized spacial score (nSPS) is 18.7. The number of halogens is 1. The van der Waals surface area contributed by atoms with Crippen molar-refractivity contribution in [2.75, 3.05) is 25.5 Å². The fourth-order valence-electron chi connectivity index (χ4n) is 2.73. The third kappa shape index (κ3) is 6.02. The molecule has 0 saturated carbocycles. The average Bonchev–Trinajstić information content (AvgIpc) is 2.65. The van der Waals surface area contributed by atoms with Crippen molar-refractivity contribution in [2.45, 2.75) is 18.6 Å². The van der Waals surface area contributed by atoms with E-state index < -0.39 is 6.10 Å². The molecular weight excluding hydrogens is 370 g/mol. The summed E-state index contributed by atoms with van der Waals surface area (Å²) in [5.74, 6) is 2.04. The molecule has 1 fully saturated rings. The highest BCUT2D eigenvalue weighted by atomic mass is 35.5. The van der Waals surface area contributed by atoms with Gasteiger partial charge in [0.15, 0.2) is 0 Å². The van der Waals surface area contributed by atoms with E-state index in [4.69, 9.17) is 9.47 Å². The molecule has 7 nitrogen and oxygen atoms in total. The predicted octanol–water partition coefficient (Wildman–Crippen LogP) is 2.75. The van der Waals surface area contributed by atoms with Gasteiger partial charge in [0.25, 0.3) is 0 Å². The highest BCUT2D eigenvalue weighted by molar-refractivity contribution is 5.89. The summed E-state index contributed by atoms with van der Waals surface area (Å²) in [4.78, 5) is 12.1. The van der Waals surface area contributed by atoms with Gasteiger partial charge < -0.3 is 30.5 Å². The quantitative estimate of drug-likeness (QED) is 0.627. The van der Waals surface area contributed by atoms with Crippen LogP contribution in [0.4, 0.5) is 10.5 Å². The Morgan fingerprint density at radius 2 is 1.89 bits per heavy atom. The monoisotopic (exact) mass is 393 g/mol. The Kier molecular flexibility index (Phi) is 7.72. The van der Waals surface area contributed by atoms with Crippen molar-refractivity contribution in [3.63, 3.8) is 0 Å². The van der Waals surface area contributed by atoms with Gasteiger partial charge in [-0.1, -0.05) is 6.07 Å². The molecular formula is C19H24ClN3O4. The number of benzene rings is 2. The number of hydrogen-bond donors (Lipinski definition) is 4. The van der Waals surface area contributed by atoms with Crippen LogP contribution in [0.15, 0.2) is 48.5 Å². The van der Waals surface area contributed by atoms with Crippen LogP contribution in [0, 0.1) is 0 Å². The zero-order valence-corrected chi connectivity index (χ0v) is 15.8. The lowest BCUT2D eigenvalue weighted by Crippen LogP contribution is -2.54. The fraction of sp³-hybridized carbons (Fsp3) is 0.316. The Morgan fingerprint density at radius 1 is 1.15 bits per heavy atom. The molecule has 0 bridgehead atoms. The van der Waals surface area contributed by atoms with Crippen LogP contribution >= 0.6 is 12.4 Å². The maximum Gasteiger partial charge on any atom is 0.319 e. The molecule has 2 amide bonds. The van der Waals surface area contributed by atoms with Gasteiger partial charge in [-0.2, -0.15) is 0 Å². The van der Waals surface area contributed by atoms with Gasteiger partial charge in [0.2, 0.25) is 0 Å². The molecule has 0 unspecified atom stereocenters. The lowest BCUT2D eigenvalue weighted by Gasteiger charge is -2.29. The van der Waals surface area contributed by atoms with E-state index in [0.29, 0.717) is 30.2 Å². The number of carbonyl (C=O) groups excluding carboxylic acids is 1. The van der Waals surface area contributed by atoms with Gasteiger partial charge in [-0.05, 0) is 49.4 Å². The smallest absolute Gasteiger partial charge is 0.319 e. The number of urea groups is 1. The van der Waals surface area contributed by atoms with Gasteiger partial charge in [0.05, 0.1) is 19.3 Å².